The summed E-state index contributed by atoms with van der Waals surface area (Å²) in [5.74, 6) is 0.0989. The molecule has 0 bridgehead atoms. The van der Waals surface area contributed by atoms with Gasteiger partial charge in [-0.25, -0.2) is 4.98 Å². The molecule has 0 aliphatic carbocycles. The van der Waals surface area contributed by atoms with E-state index in [0.717, 1.165) is 0 Å². The largest absolute Gasteiger partial charge is 0.394 e. The van der Waals surface area contributed by atoms with Gasteiger partial charge in [0.25, 0.3) is 5.91 Å². The molecule has 0 saturated heterocycles. The summed E-state index contributed by atoms with van der Waals surface area (Å²) in [6.45, 7) is 2.02. The lowest BCUT2D eigenvalue weighted by Gasteiger charge is -2.29. The van der Waals surface area contributed by atoms with Gasteiger partial charge in [0, 0.05) is 18.7 Å². The predicted octanol–water partition coefficient (Wildman–Crippen LogP) is 2.42. The first kappa shape index (κ1) is 22.7. The average molecular weight is 446 g/mol. The van der Waals surface area contributed by atoms with E-state index in [1.54, 1.807) is 18.2 Å². The summed E-state index contributed by atoms with van der Waals surface area (Å²) >= 11 is 0. The molecule has 1 heterocycles. The van der Waals surface area contributed by atoms with Crippen molar-refractivity contribution in [2.75, 3.05) is 13.2 Å². The smallest absolute Gasteiger partial charge is 0.251 e. The summed E-state index contributed by atoms with van der Waals surface area (Å²) in [5.41, 5.74) is 1.66. The van der Waals surface area contributed by atoms with E-state index in [1.807, 2.05) is 72.2 Å². The Morgan fingerprint density at radius 2 is 1.64 bits per heavy atom. The number of carbonyl (C=O) groups is 1. The Morgan fingerprint density at radius 1 is 1.03 bits per heavy atom. The molecule has 33 heavy (non-hydrogen) atoms. The number of hydrogen-bond donors (Lipinski definition) is 4. The number of aliphatic hydroxyl groups excluding tert-OH is 2. The summed E-state index contributed by atoms with van der Waals surface area (Å²) in [4.78, 5) is 17.4. The van der Waals surface area contributed by atoms with Crippen LogP contribution >= 0.6 is 0 Å². The number of rotatable bonds is 8. The molecule has 4 N–H and O–H groups in total. The van der Waals surface area contributed by atoms with E-state index >= 15 is 0 Å². The molecule has 0 saturated carbocycles. The van der Waals surface area contributed by atoms with Crippen molar-refractivity contribution in [1.29, 1.82) is 0 Å². The van der Waals surface area contributed by atoms with Crippen molar-refractivity contribution < 1.29 is 20.1 Å². The van der Waals surface area contributed by atoms with Crippen LogP contribution in [0.15, 0.2) is 78.9 Å². The van der Waals surface area contributed by atoms with Crippen LogP contribution in [0.5, 0.6) is 0 Å². The average Bonchev–Trinajstić information content (AvgIpc) is 3.25. The first-order valence-electron chi connectivity index (χ1n) is 10.9. The minimum atomic E-state index is -1.49. The lowest BCUT2D eigenvalue weighted by molar-refractivity contribution is 0.0802. The highest BCUT2D eigenvalue weighted by Gasteiger charge is 2.38. The monoisotopic (exact) mass is 445 g/mol. The first-order valence-corrected chi connectivity index (χ1v) is 10.9. The van der Waals surface area contributed by atoms with E-state index in [9.17, 15) is 15.0 Å². The second kappa shape index (κ2) is 9.54. The van der Waals surface area contributed by atoms with Crippen molar-refractivity contribution in [3.8, 4) is 0 Å². The third-order valence-corrected chi connectivity index (χ3v) is 5.74. The van der Waals surface area contributed by atoms with Crippen LogP contribution in [0.3, 0.4) is 0 Å². The second-order valence-electron chi connectivity index (χ2n) is 7.87. The molecule has 170 valence electrons. The van der Waals surface area contributed by atoms with Crippen molar-refractivity contribution in [3.63, 3.8) is 0 Å². The van der Waals surface area contributed by atoms with Gasteiger partial charge in [-0.1, -0.05) is 60.7 Å². The zero-order valence-electron chi connectivity index (χ0n) is 18.3. The number of carbonyl (C=O) groups excluding carboxylic acids is 1. The number of nitrogens with one attached hydrogen (secondary N) is 1. The molecule has 1 amide bonds. The molecule has 1 atom stereocenters. The van der Waals surface area contributed by atoms with Crippen molar-refractivity contribution in [3.05, 3.63) is 101 Å². The Balaban J connectivity index is 1.85. The SMILES string of the molecule is CCn1c(C(O)(c2ccccc2)c2ccccc2)nc2ccc(C(=O)NC[C@H](O)CO)cc21. The van der Waals surface area contributed by atoms with E-state index in [4.69, 9.17) is 10.1 Å². The Labute approximate surface area is 192 Å². The maximum Gasteiger partial charge on any atom is 0.251 e. The fourth-order valence-corrected chi connectivity index (χ4v) is 4.02. The van der Waals surface area contributed by atoms with Crippen molar-refractivity contribution in [2.24, 2.45) is 0 Å². The number of imidazole rings is 1. The highest BCUT2D eigenvalue weighted by Crippen LogP contribution is 2.37. The zero-order chi connectivity index (χ0) is 23.4. The van der Waals surface area contributed by atoms with Gasteiger partial charge < -0.3 is 25.2 Å². The molecule has 0 spiro atoms. The molecule has 0 radical (unpaired) electrons. The summed E-state index contributed by atoms with van der Waals surface area (Å²) in [6, 6.07) is 23.9. The number of amides is 1. The van der Waals surface area contributed by atoms with Gasteiger partial charge in [0.05, 0.1) is 23.7 Å². The molecule has 3 aromatic carbocycles. The van der Waals surface area contributed by atoms with Crippen LogP contribution in [0.4, 0.5) is 0 Å². The Bertz CT molecular complexity index is 1200. The van der Waals surface area contributed by atoms with Gasteiger partial charge in [-0.2, -0.15) is 0 Å². The minimum Gasteiger partial charge on any atom is -0.394 e. The van der Waals surface area contributed by atoms with Crippen LogP contribution in [-0.2, 0) is 12.1 Å². The summed E-state index contributed by atoms with van der Waals surface area (Å²) in [5, 5.41) is 33.3. The van der Waals surface area contributed by atoms with Gasteiger partial charge in [0.2, 0.25) is 0 Å². The normalized spacial score (nSPS) is 12.6. The Kier molecular flexibility index (Phi) is 6.55. The van der Waals surface area contributed by atoms with E-state index in [2.05, 4.69) is 5.32 Å². The number of benzene rings is 3. The molecular weight excluding hydrogens is 418 g/mol. The van der Waals surface area contributed by atoms with Crippen LogP contribution < -0.4 is 5.32 Å². The number of nitrogens with zero attached hydrogens (tertiary/aromatic N) is 2. The van der Waals surface area contributed by atoms with Crippen LogP contribution in [-0.4, -0.2) is 50.0 Å². The lowest BCUT2D eigenvalue weighted by atomic mass is 9.85. The molecule has 4 aromatic rings. The quantitative estimate of drug-likeness (QED) is 0.333. The maximum absolute atomic E-state index is 12.6. The number of aryl methyl sites for hydroxylation is 1. The molecule has 0 aliphatic rings. The molecule has 7 nitrogen and oxygen atoms in total. The molecule has 4 rings (SSSR count). The van der Waals surface area contributed by atoms with Gasteiger partial charge in [0.1, 0.15) is 0 Å². The minimum absolute atomic E-state index is 0.0482. The molecule has 0 aliphatic heterocycles. The fraction of sp³-hybridized carbons (Fsp3) is 0.231. The van der Waals surface area contributed by atoms with E-state index in [1.165, 1.54) is 0 Å². The van der Waals surface area contributed by atoms with Crippen molar-refractivity contribution >= 4 is 16.9 Å². The number of hydrogen-bond acceptors (Lipinski definition) is 5. The summed E-state index contributed by atoms with van der Waals surface area (Å²) in [7, 11) is 0. The molecule has 0 unspecified atom stereocenters. The summed E-state index contributed by atoms with van der Waals surface area (Å²) in [6.07, 6.45) is -1.02. The highest BCUT2D eigenvalue weighted by molar-refractivity contribution is 5.97. The third kappa shape index (κ3) is 4.26. The topological polar surface area (TPSA) is 108 Å². The predicted molar refractivity (Wildman–Crippen MR) is 126 cm³/mol. The van der Waals surface area contributed by atoms with Crippen LogP contribution in [0.1, 0.15) is 34.2 Å². The zero-order valence-corrected chi connectivity index (χ0v) is 18.3. The van der Waals surface area contributed by atoms with Gasteiger partial charge in [0.15, 0.2) is 11.4 Å². The highest BCUT2D eigenvalue weighted by atomic mass is 16.3. The van der Waals surface area contributed by atoms with E-state index in [-0.39, 0.29) is 12.5 Å². The maximum atomic E-state index is 12.6. The number of aliphatic hydroxyl groups is 3. The van der Waals surface area contributed by atoms with E-state index < -0.39 is 18.3 Å². The van der Waals surface area contributed by atoms with Crippen LogP contribution in [0.25, 0.3) is 11.0 Å². The van der Waals surface area contributed by atoms with Gasteiger partial charge >= 0.3 is 0 Å². The first-order chi connectivity index (χ1) is 16.0. The van der Waals surface area contributed by atoms with Crippen molar-refractivity contribution in [1.82, 2.24) is 14.9 Å². The van der Waals surface area contributed by atoms with Crippen LogP contribution in [0, 0.1) is 0 Å². The molecular formula is C26H27N3O4. The van der Waals surface area contributed by atoms with Gasteiger partial charge in [-0.05, 0) is 36.2 Å². The standard InChI is InChI=1S/C26H27N3O4/c1-2-29-23-15-18(24(32)27-16-21(31)17-30)13-14-22(23)28-25(29)26(33,19-9-5-3-6-10-19)20-11-7-4-8-12-20/h3-15,21,30-31,33H,2,16-17H2,1H3,(H,27,32)/t21-/m0/s1. The Hall–Kier alpha value is -3.52. The lowest BCUT2D eigenvalue weighted by Crippen LogP contribution is -2.33. The fourth-order valence-electron chi connectivity index (χ4n) is 4.02. The summed E-state index contributed by atoms with van der Waals surface area (Å²) < 4.78 is 1.91. The Morgan fingerprint density at radius 3 is 2.18 bits per heavy atom. The third-order valence-electron chi connectivity index (χ3n) is 5.74. The second-order valence-corrected chi connectivity index (χ2v) is 7.87. The van der Waals surface area contributed by atoms with Crippen LogP contribution in [0.2, 0.25) is 0 Å². The number of aromatic nitrogens is 2. The van der Waals surface area contributed by atoms with Gasteiger partial charge in [-0.15, -0.1) is 0 Å². The molecule has 7 heteroatoms. The molecule has 1 aromatic heterocycles. The van der Waals surface area contributed by atoms with E-state index in [0.29, 0.717) is 40.1 Å². The molecule has 0 fully saturated rings. The van der Waals surface area contributed by atoms with Gasteiger partial charge in [-0.3, -0.25) is 4.79 Å². The van der Waals surface area contributed by atoms with Crippen molar-refractivity contribution in [2.45, 2.75) is 25.2 Å². The number of fused-ring (bicyclic) bond motifs is 1.